The van der Waals surface area contributed by atoms with Gasteiger partial charge in [-0.25, -0.2) is 0 Å². The van der Waals surface area contributed by atoms with Crippen molar-refractivity contribution >= 4 is 5.91 Å². The van der Waals surface area contributed by atoms with Crippen molar-refractivity contribution in [1.82, 2.24) is 0 Å². The minimum Gasteiger partial charge on any atom is -0.368 e. The van der Waals surface area contributed by atoms with Crippen LogP contribution in [-0.4, -0.2) is 11.9 Å². The van der Waals surface area contributed by atoms with E-state index in [1.807, 2.05) is 0 Å². The lowest BCUT2D eigenvalue weighted by molar-refractivity contribution is -0.119. The minimum absolute atomic E-state index is 0.377. The van der Waals surface area contributed by atoms with Crippen LogP contribution in [0.1, 0.15) is 64.7 Å². The molecule has 3 nitrogen and oxygen atoms in total. The highest BCUT2D eigenvalue weighted by Crippen LogP contribution is 2.09. The SMILES string of the molecule is CCCCCCCCCC[C@H](N)C(N)=O. The molecule has 90 valence electrons. The van der Waals surface area contributed by atoms with Crippen molar-refractivity contribution < 1.29 is 4.79 Å². The van der Waals surface area contributed by atoms with Gasteiger partial charge < -0.3 is 11.5 Å². The van der Waals surface area contributed by atoms with Gasteiger partial charge in [0.25, 0.3) is 0 Å². The van der Waals surface area contributed by atoms with E-state index in [0.29, 0.717) is 0 Å². The molecule has 0 aromatic carbocycles. The zero-order valence-corrected chi connectivity index (χ0v) is 10.0. The van der Waals surface area contributed by atoms with E-state index in [-0.39, 0.29) is 5.91 Å². The van der Waals surface area contributed by atoms with Crippen LogP contribution >= 0.6 is 0 Å². The Bertz CT molecular complexity index is 160. The number of carbonyl (C=O) groups excluding carboxylic acids is 1. The number of carbonyl (C=O) groups is 1. The Labute approximate surface area is 93.6 Å². The van der Waals surface area contributed by atoms with Gasteiger partial charge in [-0.1, -0.05) is 58.3 Å². The number of primary amides is 1. The average Bonchev–Trinajstić information content (AvgIpc) is 2.21. The Hall–Kier alpha value is -0.570. The van der Waals surface area contributed by atoms with Crippen LogP contribution in [0.5, 0.6) is 0 Å². The molecule has 0 aliphatic rings. The van der Waals surface area contributed by atoms with Gasteiger partial charge in [0.05, 0.1) is 6.04 Å². The van der Waals surface area contributed by atoms with Crippen molar-refractivity contribution in [3.63, 3.8) is 0 Å². The van der Waals surface area contributed by atoms with Gasteiger partial charge in [0.2, 0.25) is 5.91 Å². The van der Waals surface area contributed by atoms with E-state index in [2.05, 4.69) is 6.92 Å². The molecule has 1 amide bonds. The first-order valence-corrected chi connectivity index (χ1v) is 6.23. The molecule has 0 saturated heterocycles. The van der Waals surface area contributed by atoms with Crippen LogP contribution in [0.4, 0.5) is 0 Å². The Kier molecular flexibility index (Phi) is 9.59. The summed E-state index contributed by atoms with van der Waals surface area (Å²) >= 11 is 0. The molecule has 3 heteroatoms. The zero-order chi connectivity index (χ0) is 11.5. The molecule has 0 saturated carbocycles. The van der Waals surface area contributed by atoms with Crippen molar-refractivity contribution in [3.05, 3.63) is 0 Å². The molecule has 0 heterocycles. The van der Waals surface area contributed by atoms with E-state index in [1.54, 1.807) is 0 Å². The molecular weight excluding hydrogens is 188 g/mol. The molecule has 15 heavy (non-hydrogen) atoms. The monoisotopic (exact) mass is 214 g/mol. The second-order valence-electron chi connectivity index (χ2n) is 4.27. The maximum atomic E-state index is 10.6. The number of amides is 1. The zero-order valence-electron chi connectivity index (χ0n) is 10.0. The Morgan fingerprint density at radius 2 is 1.47 bits per heavy atom. The molecule has 4 N–H and O–H groups in total. The van der Waals surface area contributed by atoms with Crippen molar-refractivity contribution in [3.8, 4) is 0 Å². The third-order valence-corrected chi connectivity index (χ3v) is 2.73. The van der Waals surface area contributed by atoms with E-state index < -0.39 is 6.04 Å². The second-order valence-corrected chi connectivity index (χ2v) is 4.27. The number of unbranched alkanes of at least 4 members (excludes halogenated alkanes) is 7. The van der Waals surface area contributed by atoms with Crippen LogP contribution in [0.3, 0.4) is 0 Å². The number of rotatable bonds is 10. The fourth-order valence-corrected chi connectivity index (χ4v) is 1.64. The van der Waals surface area contributed by atoms with Crippen LogP contribution in [0.15, 0.2) is 0 Å². The van der Waals surface area contributed by atoms with Crippen LogP contribution in [0.25, 0.3) is 0 Å². The quantitative estimate of drug-likeness (QED) is 0.548. The lowest BCUT2D eigenvalue weighted by atomic mass is 10.0. The molecule has 0 spiro atoms. The summed E-state index contributed by atoms with van der Waals surface area (Å²) < 4.78 is 0. The molecule has 0 bridgehead atoms. The van der Waals surface area contributed by atoms with Crippen LogP contribution < -0.4 is 11.5 Å². The van der Waals surface area contributed by atoms with Crippen LogP contribution in [0, 0.1) is 0 Å². The first kappa shape index (κ1) is 14.4. The maximum Gasteiger partial charge on any atom is 0.234 e. The van der Waals surface area contributed by atoms with Gasteiger partial charge in [0, 0.05) is 0 Å². The van der Waals surface area contributed by atoms with E-state index in [0.717, 1.165) is 12.8 Å². The molecule has 0 radical (unpaired) electrons. The summed E-state index contributed by atoms with van der Waals surface area (Å²) in [6.45, 7) is 2.23. The standard InChI is InChI=1S/C12H26N2O/c1-2-3-4-5-6-7-8-9-10-11(13)12(14)15/h11H,2-10,13H2,1H3,(H2,14,15)/t11-/m0/s1. The molecule has 0 unspecified atom stereocenters. The van der Waals surface area contributed by atoms with Gasteiger partial charge in [0.1, 0.15) is 0 Å². The summed E-state index contributed by atoms with van der Waals surface area (Å²) in [5.74, 6) is -0.377. The Morgan fingerprint density at radius 3 is 1.93 bits per heavy atom. The van der Waals surface area contributed by atoms with E-state index in [4.69, 9.17) is 11.5 Å². The molecular formula is C12H26N2O. The van der Waals surface area contributed by atoms with Crippen molar-refractivity contribution in [2.75, 3.05) is 0 Å². The van der Waals surface area contributed by atoms with Gasteiger partial charge in [-0.15, -0.1) is 0 Å². The number of hydrogen-bond donors (Lipinski definition) is 2. The first-order chi connectivity index (χ1) is 7.18. The fourth-order valence-electron chi connectivity index (χ4n) is 1.64. The second kappa shape index (κ2) is 9.97. The van der Waals surface area contributed by atoms with Gasteiger partial charge in [-0.3, -0.25) is 4.79 Å². The summed E-state index contributed by atoms with van der Waals surface area (Å²) in [7, 11) is 0. The summed E-state index contributed by atoms with van der Waals surface area (Å²) in [6, 6.07) is -0.440. The minimum atomic E-state index is -0.440. The van der Waals surface area contributed by atoms with Crippen molar-refractivity contribution in [1.29, 1.82) is 0 Å². The molecule has 0 aromatic heterocycles. The largest absolute Gasteiger partial charge is 0.368 e. The van der Waals surface area contributed by atoms with Gasteiger partial charge in [-0.05, 0) is 6.42 Å². The average molecular weight is 214 g/mol. The molecule has 0 aliphatic heterocycles. The lowest BCUT2D eigenvalue weighted by Gasteiger charge is -2.06. The summed E-state index contributed by atoms with van der Waals surface area (Å²) in [5, 5.41) is 0. The Balaban J connectivity index is 3.08. The maximum absolute atomic E-state index is 10.6. The van der Waals surface area contributed by atoms with Gasteiger partial charge in [-0.2, -0.15) is 0 Å². The van der Waals surface area contributed by atoms with Gasteiger partial charge in [0.15, 0.2) is 0 Å². The third-order valence-electron chi connectivity index (χ3n) is 2.73. The molecule has 1 atom stereocenters. The molecule has 0 rings (SSSR count). The van der Waals surface area contributed by atoms with Gasteiger partial charge >= 0.3 is 0 Å². The molecule has 0 fully saturated rings. The predicted octanol–water partition coefficient (Wildman–Crippen LogP) is 2.33. The highest BCUT2D eigenvalue weighted by atomic mass is 16.1. The van der Waals surface area contributed by atoms with E-state index >= 15 is 0 Å². The number of nitrogens with two attached hydrogens (primary N) is 2. The highest BCUT2D eigenvalue weighted by Gasteiger charge is 2.07. The normalized spacial score (nSPS) is 12.7. The number of hydrogen-bond acceptors (Lipinski definition) is 2. The summed E-state index contributed by atoms with van der Waals surface area (Å²) in [6.07, 6.45) is 10.9. The predicted molar refractivity (Wildman–Crippen MR) is 64.4 cm³/mol. The smallest absolute Gasteiger partial charge is 0.234 e. The highest BCUT2D eigenvalue weighted by molar-refractivity contribution is 5.79. The van der Waals surface area contributed by atoms with Crippen molar-refractivity contribution in [2.24, 2.45) is 11.5 Å². The molecule has 0 aliphatic carbocycles. The Morgan fingerprint density at radius 1 is 1.00 bits per heavy atom. The fraction of sp³-hybridized carbons (Fsp3) is 0.917. The topological polar surface area (TPSA) is 69.1 Å². The first-order valence-electron chi connectivity index (χ1n) is 6.23. The van der Waals surface area contributed by atoms with Crippen LogP contribution in [-0.2, 0) is 4.79 Å². The van der Waals surface area contributed by atoms with E-state index in [1.165, 1.54) is 44.9 Å². The van der Waals surface area contributed by atoms with Crippen molar-refractivity contribution in [2.45, 2.75) is 70.8 Å². The summed E-state index contributed by atoms with van der Waals surface area (Å²) in [5.41, 5.74) is 10.6. The molecule has 0 aromatic rings. The lowest BCUT2D eigenvalue weighted by Crippen LogP contribution is -2.36. The summed E-state index contributed by atoms with van der Waals surface area (Å²) in [4.78, 5) is 10.6. The third kappa shape index (κ3) is 9.73. The van der Waals surface area contributed by atoms with Crippen LogP contribution in [0.2, 0.25) is 0 Å². The van der Waals surface area contributed by atoms with E-state index in [9.17, 15) is 4.79 Å².